The van der Waals surface area contributed by atoms with E-state index in [1.54, 1.807) is 0 Å². The number of piperazine rings is 1. The fraction of sp³-hybridized carbons (Fsp3) is 1.00. The van der Waals surface area contributed by atoms with Gasteiger partial charge in [-0.2, -0.15) is 0 Å². The largest absolute Gasteiger partial charge is 0.314 e. The molecule has 83 valence electrons. The molecule has 0 bridgehead atoms. The maximum Gasteiger partial charge on any atom is 0.194 e. The fourth-order valence-electron chi connectivity index (χ4n) is 1.44. The molecule has 14 heavy (non-hydrogen) atoms. The Balaban J connectivity index is 2.25. The van der Waals surface area contributed by atoms with Crippen molar-refractivity contribution in [3.63, 3.8) is 0 Å². The first-order valence-corrected chi connectivity index (χ1v) is 6.73. The second kappa shape index (κ2) is 5.06. The van der Waals surface area contributed by atoms with Gasteiger partial charge in [-0.25, -0.2) is 13.5 Å². The lowest BCUT2D eigenvalue weighted by molar-refractivity contribution is 0.126. The first-order chi connectivity index (χ1) is 6.50. The van der Waals surface area contributed by atoms with Crippen molar-refractivity contribution in [3.8, 4) is 0 Å². The number of nitrogens with one attached hydrogen (secondary N) is 1. The second-order valence-electron chi connectivity index (χ2n) is 3.64. The summed E-state index contributed by atoms with van der Waals surface area (Å²) < 4.78 is 21.7. The lowest BCUT2D eigenvalue weighted by Crippen LogP contribution is -2.44. The molecule has 1 N–H and O–H groups in total. The van der Waals surface area contributed by atoms with Crippen LogP contribution in [-0.4, -0.2) is 57.7 Å². The highest BCUT2D eigenvalue weighted by Gasteiger charge is 2.20. The van der Waals surface area contributed by atoms with Gasteiger partial charge >= 0.3 is 0 Å². The summed E-state index contributed by atoms with van der Waals surface area (Å²) in [5, 5.41) is 14.4. The number of sulfone groups is 1. The van der Waals surface area contributed by atoms with Crippen molar-refractivity contribution in [2.45, 2.75) is 11.9 Å². The monoisotopic (exact) mass is 221 g/mol. The zero-order chi connectivity index (χ0) is 10.6. The van der Waals surface area contributed by atoms with E-state index in [2.05, 4.69) is 10.2 Å². The lowest BCUT2D eigenvalue weighted by Gasteiger charge is -2.27. The molecule has 1 heterocycles. The predicted molar refractivity (Wildman–Crippen MR) is 53.2 cm³/mol. The maximum absolute atomic E-state index is 11.2. The maximum atomic E-state index is 11.2. The van der Waals surface area contributed by atoms with Gasteiger partial charge in [-0.05, 0) is 0 Å². The summed E-state index contributed by atoms with van der Waals surface area (Å²) in [6, 6.07) is 0. The van der Waals surface area contributed by atoms with Gasteiger partial charge in [0, 0.05) is 45.4 Å². The third-order valence-corrected chi connectivity index (χ3v) is 3.56. The third-order valence-electron chi connectivity index (χ3n) is 2.37. The molecule has 0 aromatic heterocycles. The molecule has 0 aromatic rings. The Morgan fingerprint density at radius 1 is 1.36 bits per heavy atom. The molecule has 0 aromatic carbocycles. The highest BCUT2D eigenvalue weighted by molar-refractivity contribution is 7.91. The van der Waals surface area contributed by atoms with Gasteiger partial charge in [-0.1, -0.05) is 0 Å². The minimum Gasteiger partial charge on any atom is -0.314 e. The van der Waals surface area contributed by atoms with E-state index in [-0.39, 0.29) is 6.42 Å². The van der Waals surface area contributed by atoms with E-state index < -0.39 is 15.3 Å². The Morgan fingerprint density at radius 3 is 2.43 bits per heavy atom. The van der Waals surface area contributed by atoms with Crippen LogP contribution in [0.2, 0.25) is 0 Å². The third kappa shape index (κ3) is 3.91. The van der Waals surface area contributed by atoms with E-state index in [0.717, 1.165) is 32.4 Å². The molecule has 1 rings (SSSR count). The van der Waals surface area contributed by atoms with Crippen LogP contribution in [0.3, 0.4) is 0 Å². The van der Waals surface area contributed by atoms with Crippen molar-refractivity contribution in [3.05, 3.63) is 0 Å². The van der Waals surface area contributed by atoms with Crippen LogP contribution in [0.15, 0.2) is 0 Å². The molecule has 6 heteroatoms. The van der Waals surface area contributed by atoms with E-state index in [0.29, 0.717) is 6.54 Å². The standard InChI is InChI=1S/C8H17N2O3S/c1-14(12,13)8(11)2-5-10-6-3-9-4-7-10/h8-9H,2-7H2,1H3. The van der Waals surface area contributed by atoms with Gasteiger partial charge < -0.3 is 10.2 Å². The van der Waals surface area contributed by atoms with E-state index in [1.165, 1.54) is 0 Å². The molecule has 0 saturated carbocycles. The second-order valence-corrected chi connectivity index (χ2v) is 5.82. The molecule has 1 saturated heterocycles. The Bertz CT molecular complexity index is 260. The van der Waals surface area contributed by atoms with Crippen LogP contribution in [0.1, 0.15) is 6.42 Å². The summed E-state index contributed by atoms with van der Waals surface area (Å²) in [6.07, 6.45) is 1.20. The van der Waals surface area contributed by atoms with Gasteiger partial charge in [0.05, 0.1) is 0 Å². The van der Waals surface area contributed by atoms with Crippen LogP contribution in [0.5, 0.6) is 0 Å². The summed E-state index contributed by atoms with van der Waals surface area (Å²) in [5.74, 6) is 0. The van der Waals surface area contributed by atoms with Gasteiger partial charge in [-0.15, -0.1) is 0 Å². The molecular formula is C8H17N2O3S. The minimum atomic E-state index is -3.40. The predicted octanol–water partition coefficient (Wildman–Crippen LogP) is -0.917. The smallest absolute Gasteiger partial charge is 0.194 e. The van der Waals surface area contributed by atoms with Gasteiger partial charge in [-0.3, -0.25) is 0 Å². The van der Waals surface area contributed by atoms with Crippen LogP contribution in [0, 0.1) is 0 Å². The topological polar surface area (TPSA) is 69.3 Å². The summed E-state index contributed by atoms with van der Waals surface area (Å²) >= 11 is 0. The van der Waals surface area contributed by atoms with E-state index in [1.807, 2.05) is 0 Å². The summed E-state index contributed by atoms with van der Waals surface area (Å²) in [5.41, 5.74) is -1.46. The van der Waals surface area contributed by atoms with Gasteiger partial charge in [0.15, 0.2) is 15.3 Å². The molecule has 0 spiro atoms. The van der Waals surface area contributed by atoms with E-state index >= 15 is 0 Å². The highest BCUT2D eigenvalue weighted by atomic mass is 32.2. The quantitative estimate of drug-likeness (QED) is 0.667. The minimum absolute atomic E-state index is 0.193. The normalized spacial score (nSPS) is 22.1. The molecule has 1 unspecified atom stereocenters. The van der Waals surface area contributed by atoms with Crippen molar-refractivity contribution in [1.82, 2.24) is 10.2 Å². The van der Waals surface area contributed by atoms with Crippen molar-refractivity contribution in [1.29, 1.82) is 0 Å². The average Bonchev–Trinajstić information content (AvgIpc) is 2.14. The number of hydrogen-bond acceptors (Lipinski definition) is 4. The van der Waals surface area contributed by atoms with Crippen molar-refractivity contribution >= 4 is 9.84 Å². The van der Waals surface area contributed by atoms with E-state index in [4.69, 9.17) is 0 Å². The molecule has 0 aliphatic carbocycles. The van der Waals surface area contributed by atoms with Gasteiger partial charge in [0.2, 0.25) is 0 Å². The number of rotatable bonds is 4. The summed E-state index contributed by atoms with van der Waals surface area (Å²) in [4.78, 5) is 2.12. The first kappa shape index (κ1) is 11.9. The molecule has 1 atom stereocenters. The summed E-state index contributed by atoms with van der Waals surface area (Å²) in [7, 11) is -3.40. The van der Waals surface area contributed by atoms with Crippen LogP contribution in [0.25, 0.3) is 0 Å². The number of nitrogens with zero attached hydrogens (tertiary/aromatic N) is 1. The van der Waals surface area contributed by atoms with E-state index in [9.17, 15) is 13.5 Å². The van der Waals surface area contributed by atoms with Crippen LogP contribution < -0.4 is 5.32 Å². The Labute approximate surface area is 85.0 Å². The molecule has 1 aliphatic rings. The van der Waals surface area contributed by atoms with Crippen LogP contribution >= 0.6 is 0 Å². The fourth-order valence-corrected chi connectivity index (χ4v) is 1.97. The van der Waals surface area contributed by atoms with Crippen LogP contribution in [-0.2, 0) is 14.9 Å². The van der Waals surface area contributed by atoms with Gasteiger partial charge in [0.1, 0.15) is 0 Å². The average molecular weight is 221 g/mol. The number of hydrogen-bond donors (Lipinski definition) is 1. The van der Waals surface area contributed by atoms with Crippen molar-refractivity contribution in [2.75, 3.05) is 39.0 Å². The van der Waals surface area contributed by atoms with Gasteiger partial charge in [0.25, 0.3) is 0 Å². The first-order valence-electron chi connectivity index (χ1n) is 4.78. The Morgan fingerprint density at radius 2 is 1.93 bits per heavy atom. The van der Waals surface area contributed by atoms with Crippen LogP contribution in [0.4, 0.5) is 0 Å². The zero-order valence-corrected chi connectivity index (χ0v) is 9.22. The SMILES string of the molecule is CS(=O)(=O)C([O])CCN1CCNCC1. The highest BCUT2D eigenvalue weighted by Crippen LogP contribution is 2.03. The molecule has 1 aliphatic heterocycles. The Kier molecular flexibility index (Phi) is 4.31. The molecule has 1 fully saturated rings. The Hall–Kier alpha value is -0.170. The molecular weight excluding hydrogens is 204 g/mol. The molecule has 0 amide bonds. The molecule has 5 nitrogen and oxygen atoms in total. The zero-order valence-electron chi connectivity index (χ0n) is 8.40. The lowest BCUT2D eigenvalue weighted by atomic mass is 10.3. The summed E-state index contributed by atoms with van der Waals surface area (Å²) in [6.45, 7) is 4.22. The van der Waals surface area contributed by atoms with Crippen molar-refractivity contribution in [2.24, 2.45) is 0 Å². The molecule has 1 radical (unpaired) electrons. The van der Waals surface area contributed by atoms with Crippen molar-refractivity contribution < 1.29 is 13.5 Å².